The van der Waals surface area contributed by atoms with Crippen molar-refractivity contribution in [3.05, 3.63) is 28.2 Å². The highest BCUT2D eigenvalue weighted by Crippen LogP contribution is 2.25. The summed E-state index contributed by atoms with van der Waals surface area (Å²) >= 11 is 16.5. The van der Waals surface area contributed by atoms with Crippen molar-refractivity contribution < 1.29 is 14.3 Å². The van der Waals surface area contributed by atoms with Crippen molar-refractivity contribution >= 4 is 52.4 Å². The van der Waals surface area contributed by atoms with Gasteiger partial charge >= 0.3 is 5.97 Å². The Labute approximate surface area is 120 Å². The molecular weight excluding hydrogens is 297 g/mol. The van der Waals surface area contributed by atoms with Crippen LogP contribution in [-0.4, -0.2) is 31.3 Å². The zero-order valence-electron chi connectivity index (χ0n) is 9.70. The van der Waals surface area contributed by atoms with Crippen LogP contribution in [0.5, 0.6) is 0 Å². The average Bonchev–Trinajstić information content (AvgIpc) is 2.34. The van der Waals surface area contributed by atoms with E-state index >= 15 is 0 Å². The van der Waals surface area contributed by atoms with Gasteiger partial charge < -0.3 is 14.8 Å². The van der Waals surface area contributed by atoms with Gasteiger partial charge in [0.15, 0.2) is 0 Å². The Morgan fingerprint density at radius 3 is 2.28 bits per heavy atom. The average molecular weight is 308 g/mol. The molecule has 0 radical (unpaired) electrons. The first-order chi connectivity index (χ1) is 8.47. The van der Waals surface area contributed by atoms with Gasteiger partial charge in [-0.15, -0.1) is 0 Å². The molecule has 1 atom stereocenters. The van der Waals surface area contributed by atoms with Crippen molar-refractivity contribution in [1.29, 1.82) is 0 Å². The summed E-state index contributed by atoms with van der Waals surface area (Å²) in [4.78, 5) is 11.7. The minimum atomic E-state index is -1.56. The lowest BCUT2D eigenvalue weighted by molar-refractivity contribution is -0.154. The van der Waals surface area contributed by atoms with Crippen LogP contribution >= 0.6 is 35.4 Å². The molecule has 1 unspecified atom stereocenters. The van der Waals surface area contributed by atoms with E-state index in [4.69, 9.17) is 40.2 Å². The van der Waals surface area contributed by atoms with Crippen LogP contribution in [0.4, 0.5) is 5.69 Å². The summed E-state index contributed by atoms with van der Waals surface area (Å²) in [5.74, 6) is -0.670. The molecule has 0 saturated heterocycles. The third-order valence-corrected chi connectivity index (χ3v) is 2.94. The summed E-state index contributed by atoms with van der Waals surface area (Å²) in [6, 6.07) is 4.74. The highest BCUT2D eigenvalue weighted by atomic mass is 35.5. The highest BCUT2D eigenvalue weighted by Gasteiger charge is 2.38. The van der Waals surface area contributed by atoms with E-state index in [0.717, 1.165) is 5.37 Å². The molecule has 0 bridgehead atoms. The number of rotatable bonds is 5. The lowest BCUT2D eigenvalue weighted by atomic mass is 10.2. The van der Waals surface area contributed by atoms with E-state index in [1.54, 1.807) is 18.2 Å². The molecule has 0 saturated carbocycles. The lowest BCUT2D eigenvalue weighted by Gasteiger charge is -2.27. The maximum atomic E-state index is 11.7. The minimum Gasteiger partial charge on any atom is -0.465 e. The van der Waals surface area contributed by atoms with E-state index < -0.39 is 11.7 Å². The molecule has 1 rings (SSSR count). The molecule has 4 nitrogen and oxygen atoms in total. The number of methoxy groups -OCH3 is 2. The molecule has 0 fully saturated rings. The number of benzene rings is 1. The fourth-order valence-electron chi connectivity index (χ4n) is 1.30. The summed E-state index contributed by atoms with van der Waals surface area (Å²) in [6.45, 7) is 0. The van der Waals surface area contributed by atoms with Gasteiger partial charge in [0.25, 0.3) is 5.72 Å². The number of hydrogen-bond acceptors (Lipinski definition) is 5. The van der Waals surface area contributed by atoms with Crippen molar-refractivity contribution in [2.45, 2.75) is 5.72 Å². The molecule has 0 aliphatic carbocycles. The third kappa shape index (κ3) is 3.32. The van der Waals surface area contributed by atoms with E-state index in [-0.39, 0.29) is 0 Å². The number of thiocarbonyl (C=S) groups is 1. The summed E-state index contributed by atoms with van der Waals surface area (Å²) in [6.07, 6.45) is 0. The lowest BCUT2D eigenvalue weighted by Crippen LogP contribution is -2.50. The molecule has 1 aromatic carbocycles. The number of carbonyl (C=O) groups is 1. The smallest absolute Gasteiger partial charge is 0.364 e. The normalized spacial score (nSPS) is 13.6. The fraction of sp³-hybridized carbons (Fsp3) is 0.273. The molecule has 0 aliphatic rings. The maximum absolute atomic E-state index is 11.7. The Hall–Kier alpha value is -0.880. The zero-order chi connectivity index (χ0) is 13.8. The van der Waals surface area contributed by atoms with Crippen LogP contribution in [0.3, 0.4) is 0 Å². The van der Waals surface area contributed by atoms with Crippen LogP contribution in [0.2, 0.25) is 10.0 Å². The minimum absolute atomic E-state index is 0.421. The van der Waals surface area contributed by atoms with Crippen LogP contribution in [0.15, 0.2) is 18.2 Å². The summed E-state index contributed by atoms with van der Waals surface area (Å²) in [7, 11) is 2.57. The number of anilines is 1. The van der Waals surface area contributed by atoms with E-state index in [1.165, 1.54) is 14.2 Å². The Morgan fingerprint density at radius 1 is 1.33 bits per heavy atom. The largest absolute Gasteiger partial charge is 0.465 e. The van der Waals surface area contributed by atoms with E-state index in [0.29, 0.717) is 15.7 Å². The van der Waals surface area contributed by atoms with Crippen molar-refractivity contribution in [2.75, 3.05) is 19.5 Å². The molecular formula is C11H11Cl2NO3S. The van der Waals surface area contributed by atoms with Crippen LogP contribution in [0.25, 0.3) is 0 Å². The molecule has 1 N–H and O–H groups in total. The monoisotopic (exact) mass is 307 g/mol. The molecule has 7 heteroatoms. The standard InChI is InChI=1S/C11H11Cl2NO3S/c1-16-10(15)11(6-18,17-2)14-9-4-7(12)3-8(13)5-9/h3-6,14H,1-2H3. The predicted octanol–water partition coefficient (Wildman–Crippen LogP) is 2.92. The van der Waals surface area contributed by atoms with Crippen molar-refractivity contribution in [3.8, 4) is 0 Å². The molecule has 0 aromatic heterocycles. The number of carbonyl (C=O) groups excluding carboxylic acids is 1. The van der Waals surface area contributed by atoms with E-state index in [1.807, 2.05) is 0 Å². The SMILES string of the molecule is COC(=O)C(C=S)(Nc1cc(Cl)cc(Cl)c1)OC. The Morgan fingerprint density at radius 2 is 1.89 bits per heavy atom. The van der Waals surface area contributed by atoms with Crippen LogP contribution in [-0.2, 0) is 14.3 Å². The van der Waals surface area contributed by atoms with Crippen LogP contribution in [0, 0.1) is 0 Å². The zero-order valence-corrected chi connectivity index (χ0v) is 12.0. The first-order valence-corrected chi connectivity index (χ1v) is 6.04. The molecule has 98 valence electrons. The van der Waals surface area contributed by atoms with Crippen molar-refractivity contribution in [3.63, 3.8) is 0 Å². The van der Waals surface area contributed by atoms with Crippen LogP contribution < -0.4 is 5.32 Å². The molecule has 0 aliphatic heterocycles. The quantitative estimate of drug-likeness (QED) is 0.515. The van der Waals surface area contributed by atoms with Gasteiger partial charge in [0.05, 0.1) is 7.11 Å². The Kier molecular flexibility index (Phi) is 5.34. The van der Waals surface area contributed by atoms with Gasteiger partial charge in [-0.25, -0.2) is 4.79 Å². The number of ether oxygens (including phenoxy) is 2. The maximum Gasteiger partial charge on any atom is 0.364 e. The molecule has 18 heavy (non-hydrogen) atoms. The summed E-state index contributed by atoms with van der Waals surface area (Å²) in [5, 5.41) is 4.77. The van der Waals surface area contributed by atoms with E-state index in [9.17, 15) is 4.79 Å². The first-order valence-electron chi connectivity index (χ1n) is 4.81. The van der Waals surface area contributed by atoms with Gasteiger partial charge in [0.1, 0.15) is 0 Å². The van der Waals surface area contributed by atoms with Gasteiger partial charge in [-0.05, 0) is 18.2 Å². The van der Waals surface area contributed by atoms with Gasteiger partial charge in [-0.3, -0.25) is 0 Å². The van der Waals surface area contributed by atoms with Gasteiger partial charge in [0.2, 0.25) is 0 Å². The summed E-state index contributed by atoms with van der Waals surface area (Å²) in [5.41, 5.74) is -1.07. The second-order valence-corrected chi connectivity index (χ2v) is 4.44. The topological polar surface area (TPSA) is 47.6 Å². The number of halogens is 2. The van der Waals surface area contributed by atoms with Gasteiger partial charge in [-0.1, -0.05) is 35.4 Å². The predicted molar refractivity (Wildman–Crippen MR) is 75.5 cm³/mol. The van der Waals surface area contributed by atoms with Crippen molar-refractivity contribution in [2.24, 2.45) is 0 Å². The van der Waals surface area contributed by atoms with Gasteiger partial charge in [-0.2, -0.15) is 0 Å². The van der Waals surface area contributed by atoms with Crippen LogP contribution in [0.1, 0.15) is 0 Å². The molecule has 1 aromatic rings. The van der Waals surface area contributed by atoms with Crippen molar-refractivity contribution in [1.82, 2.24) is 0 Å². The highest BCUT2D eigenvalue weighted by molar-refractivity contribution is 7.79. The first kappa shape index (κ1) is 15.2. The fourth-order valence-corrected chi connectivity index (χ4v) is 2.08. The number of nitrogens with one attached hydrogen (secondary N) is 1. The Balaban J connectivity index is 3.10. The molecule has 0 heterocycles. The summed E-state index contributed by atoms with van der Waals surface area (Å²) < 4.78 is 9.73. The molecule has 0 amide bonds. The molecule has 0 spiro atoms. The second-order valence-electron chi connectivity index (χ2n) is 3.33. The number of hydrogen-bond donors (Lipinski definition) is 1. The van der Waals surface area contributed by atoms with Gasteiger partial charge in [0, 0.05) is 28.2 Å². The number of esters is 1. The second kappa shape index (κ2) is 6.33. The van der Waals surface area contributed by atoms with E-state index in [2.05, 4.69) is 10.1 Å². The third-order valence-electron chi connectivity index (χ3n) is 2.17. The Bertz CT molecular complexity index is 449.